The van der Waals surface area contributed by atoms with Crippen LogP contribution >= 0.6 is 0 Å². The van der Waals surface area contributed by atoms with Gasteiger partial charge in [-0.25, -0.2) is 4.98 Å². The first-order chi connectivity index (χ1) is 17.0. The molecule has 4 aromatic rings. The second-order valence-electron chi connectivity index (χ2n) is 8.46. The summed E-state index contributed by atoms with van der Waals surface area (Å²) in [5.74, 6) is 1.16. The number of ether oxygens (including phenoxy) is 1. The lowest BCUT2D eigenvalue weighted by molar-refractivity contribution is -0.121. The van der Waals surface area contributed by atoms with E-state index in [9.17, 15) is 9.59 Å². The Bertz CT molecular complexity index is 1300. The summed E-state index contributed by atoms with van der Waals surface area (Å²) in [5, 5.41) is 5.93. The van der Waals surface area contributed by atoms with Gasteiger partial charge in [-0.05, 0) is 55.3 Å². The third-order valence-corrected chi connectivity index (χ3v) is 5.82. The summed E-state index contributed by atoms with van der Waals surface area (Å²) in [6.45, 7) is 4.69. The summed E-state index contributed by atoms with van der Waals surface area (Å²) in [6.07, 6.45) is 0.864. The van der Waals surface area contributed by atoms with Crippen molar-refractivity contribution in [2.24, 2.45) is 0 Å². The number of aromatic nitrogens is 2. The standard InChI is InChI=1S/C28H30N4O3/c1-3-20(2)30-28(34)22-11-9-10-21(16-22)17-29-27(33)18-32-25-15-8-7-14-24(25)31-26(32)19-35-23-12-5-4-6-13-23/h4-16,20H,3,17-19H2,1-2H3,(H,29,33)(H,30,34). The maximum absolute atomic E-state index is 12.9. The van der Waals surface area contributed by atoms with Gasteiger partial charge in [0.25, 0.3) is 5.91 Å². The van der Waals surface area contributed by atoms with Gasteiger partial charge < -0.3 is 19.9 Å². The van der Waals surface area contributed by atoms with E-state index in [0.717, 1.165) is 28.8 Å². The minimum absolute atomic E-state index is 0.107. The molecule has 0 bridgehead atoms. The number of amides is 2. The number of imidazole rings is 1. The molecule has 3 aromatic carbocycles. The third-order valence-electron chi connectivity index (χ3n) is 5.82. The van der Waals surface area contributed by atoms with Gasteiger partial charge in [0.2, 0.25) is 5.91 Å². The largest absolute Gasteiger partial charge is 0.486 e. The van der Waals surface area contributed by atoms with Crippen LogP contribution in [0.5, 0.6) is 5.75 Å². The molecule has 0 aliphatic carbocycles. The molecule has 7 nitrogen and oxygen atoms in total. The fourth-order valence-electron chi connectivity index (χ4n) is 3.71. The number of rotatable bonds is 10. The smallest absolute Gasteiger partial charge is 0.251 e. The summed E-state index contributed by atoms with van der Waals surface area (Å²) in [5.41, 5.74) is 3.13. The highest BCUT2D eigenvalue weighted by Gasteiger charge is 2.15. The van der Waals surface area contributed by atoms with Gasteiger partial charge in [-0.15, -0.1) is 0 Å². The molecule has 0 radical (unpaired) electrons. The van der Waals surface area contributed by atoms with E-state index in [1.54, 1.807) is 6.07 Å². The number of nitrogens with one attached hydrogen (secondary N) is 2. The van der Waals surface area contributed by atoms with Gasteiger partial charge in [0, 0.05) is 18.2 Å². The number of carbonyl (C=O) groups excluding carboxylic acids is 2. The second-order valence-corrected chi connectivity index (χ2v) is 8.46. The molecule has 1 unspecified atom stereocenters. The number of carbonyl (C=O) groups is 2. The predicted octanol–water partition coefficient (Wildman–Crippen LogP) is 4.46. The molecule has 35 heavy (non-hydrogen) atoms. The Balaban J connectivity index is 1.42. The van der Waals surface area contributed by atoms with Crippen LogP contribution in [0.15, 0.2) is 78.9 Å². The maximum atomic E-state index is 12.9. The number of para-hydroxylation sites is 3. The van der Waals surface area contributed by atoms with Crippen LogP contribution in [-0.4, -0.2) is 27.4 Å². The first kappa shape index (κ1) is 24.0. The van der Waals surface area contributed by atoms with Crippen molar-refractivity contribution < 1.29 is 14.3 Å². The normalized spacial score (nSPS) is 11.7. The number of nitrogens with zero attached hydrogens (tertiary/aromatic N) is 2. The first-order valence-electron chi connectivity index (χ1n) is 11.8. The van der Waals surface area contributed by atoms with Crippen molar-refractivity contribution in [3.8, 4) is 5.75 Å². The van der Waals surface area contributed by atoms with Gasteiger partial charge in [-0.1, -0.05) is 49.4 Å². The van der Waals surface area contributed by atoms with Crippen molar-refractivity contribution in [1.82, 2.24) is 20.2 Å². The zero-order valence-corrected chi connectivity index (χ0v) is 20.0. The number of hydrogen-bond donors (Lipinski definition) is 2. The Morgan fingerprint density at radius 3 is 2.57 bits per heavy atom. The van der Waals surface area contributed by atoms with Crippen LogP contribution in [0.2, 0.25) is 0 Å². The Kier molecular flexibility index (Phi) is 7.77. The molecule has 0 aliphatic heterocycles. The third kappa shape index (κ3) is 6.26. The van der Waals surface area contributed by atoms with Gasteiger partial charge in [0.1, 0.15) is 24.7 Å². The molecule has 4 rings (SSSR count). The summed E-state index contributed by atoms with van der Waals surface area (Å²) in [6, 6.07) is 24.7. The van der Waals surface area contributed by atoms with Crippen molar-refractivity contribution >= 4 is 22.8 Å². The quantitative estimate of drug-likeness (QED) is 0.358. The summed E-state index contributed by atoms with van der Waals surface area (Å²) in [7, 11) is 0. The van der Waals surface area contributed by atoms with Crippen molar-refractivity contribution in [3.05, 3.63) is 95.8 Å². The van der Waals surface area contributed by atoms with Crippen LogP contribution in [0.1, 0.15) is 42.0 Å². The van der Waals surface area contributed by atoms with Crippen molar-refractivity contribution in [3.63, 3.8) is 0 Å². The van der Waals surface area contributed by atoms with E-state index in [2.05, 4.69) is 15.6 Å². The van der Waals surface area contributed by atoms with Crippen LogP contribution < -0.4 is 15.4 Å². The molecule has 1 heterocycles. The monoisotopic (exact) mass is 470 g/mol. The second kappa shape index (κ2) is 11.3. The zero-order chi connectivity index (χ0) is 24.6. The lowest BCUT2D eigenvalue weighted by Gasteiger charge is -2.13. The van der Waals surface area contributed by atoms with Crippen molar-refractivity contribution in [2.45, 2.75) is 46.0 Å². The molecule has 180 valence electrons. The Morgan fingerprint density at radius 2 is 1.77 bits per heavy atom. The highest BCUT2D eigenvalue weighted by molar-refractivity contribution is 5.94. The van der Waals surface area contributed by atoms with E-state index in [4.69, 9.17) is 4.74 Å². The highest BCUT2D eigenvalue weighted by atomic mass is 16.5. The van der Waals surface area contributed by atoms with Crippen LogP contribution in [0.25, 0.3) is 11.0 Å². The number of hydrogen-bond acceptors (Lipinski definition) is 4. The SMILES string of the molecule is CCC(C)NC(=O)c1cccc(CNC(=O)Cn2c(COc3ccccc3)nc3ccccc32)c1. The minimum Gasteiger partial charge on any atom is -0.486 e. The van der Waals surface area contributed by atoms with E-state index < -0.39 is 0 Å². The lowest BCUT2D eigenvalue weighted by Crippen LogP contribution is -2.32. The fraction of sp³-hybridized carbons (Fsp3) is 0.250. The molecule has 2 N–H and O–H groups in total. The van der Waals surface area contributed by atoms with E-state index in [1.165, 1.54) is 0 Å². The highest BCUT2D eigenvalue weighted by Crippen LogP contribution is 2.18. The fourth-order valence-corrected chi connectivity index (χ4v) is 3.71. The molecule has 0 saturated carbocycles. The Hall–Kier alpha value is -4.13. The first-order valence-corrected chi connectivity index (χ1v) is 11.8. The summed E-state index contributed by atoms with van der Waals surface area (Å²) >= 11 is 0. The molecule has 0 saturated heterocycles. The van der Waals surface area contributed by atoms with Crippen molar-refractivity contribution in [1.29, 1.82) is 0 Å². The van der Waals surface area contributed by atoms with Crippen LogP contribution in [0.3, 0.4) is 0 Å². The maximum Gasteiger partial charge on any atom is 0.251 e. The van der Waals surface area contributed by atoms with Gasteiger partial charge in [-0.3, -0.25) is 9.59 Å². The average Bonchev–Trinajstić information content (AvgIpc) is 3.24. The number of benzene rings is 3. The molecule has 2 amide bonds. The van der Waals surface area contributed by atoms with Gasteiger partial charge >= 0.3 is 0 Å². The van der Waals surface area contributed by atoms with E-state index in [0.29, 0.717) is 17.9 Å². The van der Waals surface area contributed by atoms with E-state index >= 15 is 0 Å². The minimum atomic E-state index is -0.149. The molecule has 7 heteroatoms. The lowest BCUT2D eigenvalue weighted by atomic mass is 10.1. The van der Waals surface area contributed by atoms with Crippen LogP contribution in [0.4, 0.5) is 0 Å². The van der Waals surface area contributed by atoms with Gasteiger partial charge in [-0.2, -0.15) is 0 Å². The molecule has 0 fully saturated rings. The average molecular weight is 471 g/mol. The predicted molar refractivity (Wildman–Crippen MR) is 136 cm³/mol. The molecular weight excluding hydrogens is 440 g/mol. The topological polar surface area (TPSA) is 85.2 Å². The summed E-state index contributed by atoms with van der Waals surface area (Å²) < 4.78 is 7.77. The summed E-state index contributed by atoms with van der Waals surface area (Å²) in [4.78, 5) is 30.0. The molecule has 1 atom stereocenters. The van der Waals surface area contributed by atoms with Crippen LogP contribution in [0, 0.1) is 0 Å². The molecule has 0 aliphatic rings. The zero-order valence-electron chi connectivity index (χ0n) is 20.0. The Morgan fingerprint density at radius 1 is 1.00 bits per heavy atom. The molecule has 0 spiro atoms. The van der Waals surface area contributed by atoms with Gasteiger partial charge in [0.05, 0.1) is 11.0 Å². The van der Waals surface area contributed by atoms with Gasteiger partial charge in [0.15, 0.2) is 0 Å². The number of fused-ring (bicyclic) bond motifs is 1. The molecular formula is C28H30N4O3. The Labute approximate surface area is 205 Å². The van der Waals surface area contributed by atoms with Crippen molar-refractivity contribution in [2.75, 3.05) is 0 Å². The van der Waals surface area contributed by atoms with E-state index in [-0.39, 0.29) is 31.0 Å². The molecule has 1 aromatic heterocycles. The van der Waals surface area contributed by atoms with E-state index in [1.807, 2.05) is 91.2 Å². The van der Waals surface area contributed by atoms with Crippen LogP contribution in [-0.2, 0) is 24.5 Å².